The minimum absolute atomic E-state index is 0.0413. The van der Waals surface area contributed by atoms with Gasteiger partial charge in [0.25, 0.3) is 5.91 Å². The molecular formula is C20H19BrN2O3S. The van der Waals surface area contributed by atoms with Crippen LogP contribution in [-0.4, -0.2) is 22.8 Å². The van der Waals surface area contributed by atoms with Crippen molar-refractivity contribution in [1.29, 1.82) is 0 Å². The second kappa shape index (κ2) is 8.19. The number of benzene rings is 2. The zero-order chi connectivity index (χ0) is 19.6. The molecule has 0 bridgehead atoms. The number of phenolic OH excluding ortho intramolecular Hbond substituents is 1. The number of carbonyl (C=O) groups is 1. The number of aromatic hydroxyl groups is 1. The maximum Gasteiger partial charge on any atom is 0.264 e. The lowest BCUT2D eigenvalue weighted by Gasteiger charge is -2.08. The molecule has 0 unspecified atom stereocenters. The van der Waals surface area contributed by atoms with Crippen molar-refractivity contribution in [2.75, 3.05) is 6.61 Å². The summed E-state index contributed by atoms with van der Waals surface area (Å²) in [6.45, 7) is 6.30. The number of rotatable bonds is 4. The third-order valence-electron chi connectivity index (χ3n) is 3.74. The minimum atomic E-state index is -0.203. The summed E-state index contributed by atoms with van der Waals surface area (Å²) in [7, 11) is 0. The highest BCUT2D eigenvalue weighted by Crippen LogP contribution is 2.37. The first-order valence-corrected chi connectivity index (χ1v) is 10.00. The molecule has 0 atom stereocenters. The van der Waals surface area contributed by atoms with Crippen LogP contribution in [-0.2, 0) is 4.79 Å². The smallest absolute Gasteiger partial charge is 0.264 e. The molecular weight excluding hydrogens is 428 g/mol. The molecule has 2 aromatic carbocycles. The molecule has 2 aromatic rings. The van der Waals surface area contributed by atoms with E-state index in [1.165, 1.54) is 11.8 Å². The van der Waals surface area contributed by atoms with Gasteiger partial charge in [0, 0.05) is 0 Å². The van der Waals surface area contributed by atoms with Crippen molar-refractivity contribution in [1.82, 2.24) is 5.32 Å². The normalized spacial score (nSPS) is 16.8. The lowest BCUT2D eigenvalue weighted by atomic mass is 10.1. The fourth-order valence-corrected chi connectivity index (χ4v) is 4.01. The second-order valence-electron chi connectivity index (χ2n) is 6.11. The molecule has 1 aliphatic rings. The summed E-state index contributed by atoms with van der Waals surface area (Å²) in [5.41, 5.74) is 3.80. The molecule has 1 amide bonds. The van der Waals surface area contributed by atoms with Crippen LogP contribution in [0.15, 0.2) is 44.7 Å². The number of amides is 1. The molecule has 1 fully saturated rings. The van der Waals surface area contributed by atoms with E-state index in [2.05, 4.69) is 32.3 Å². The lowest BCUT2D eigenvalue weighted by Crippen LogP contribution is -2.19. The number of hydrogen-bond acceptors (Lipinski definition) is 5. The Morgan fingerprint density at radius 1 is 1.22 bits per heavy atom. The standard InChI is InChI=1S/C20H19BrN2O3S/c1-4-26-16-9-13(8-15(21)18(16)24)10-17-19(25)23-20(27-17)22-14-6-11(2)5-12(3)7-14/h5-10,24H,4H2,1-3H3,(H,22,23,25)/b17-10+. The average molecular weight is 447 g/mol. The van der Waals surface area contributed by atoms with Crippen LogP contribution in [0.1, 0.15) is 23.6 Å². The molecule has 140 valence electrons. The monoisotopic (exact) mass is 446 g/mol. The van der Waals surface area contributed by atoms with E-state index in [-0.39, 0.29) is 11.7 Å². The summed E-state index contributed by atoms with van der Waals surface area (Å²) in [4.78, 5) is 17.4. The van der Waals surface area contributed by atoms with Gasteiger partial charge in [-0.05, 0) is 95.5 Å². The van der Waals surface area contributed by atoms with E-state index in [1.54, 1.807) is 18.2 Å². The topological polar surface area (TPSA) is 70.9 Å². The van der Waals surface area contributed by atoms with Crippen LogP contribution in [0.2, 0.25) is 0 Å². The number of aryl methyl sites for hydroxylation is 2. The van der Waals surface area contributed by atoms with Crippen molar-refractivity contribution in [3.8, 4) is 11.5 Å². The molecule has 1 saturated heterocycles. The Labute approximate surface area is 170 Å². The molecule has 3 rings (SSSR count). The van der Waals surface area contributed by atoms with Gasteiger partial charge in [0.05, 0.1) is 21.7 Å². The van der Waals surface area contributed by atoms with Crippen molar-refractivity contribution < 1.29 is 14.6 Å². The first-order chi connectivity index (χ1) is 12.9. The number of thioether (sulfide) groups is 1. The first-order valence-electron chi connectivity index (χ1n) is 8.39. The van der Waals surface area contributed by atoms with Crippen molar-refractivity contribution in [2.24, 2.45) is 4.99 Å². The third kappa shape index (κ3) is 4.73. The number of phenols is 1. The van der Waals surface area contributed by atoms with Gasteiger partial charge in [-0.2, -0.15) is 0 Å². The van der Waals surface area contributed by atoms with E-state index < -0.39 is 0 Å². The highest BCUT2D eigenvalue weighted by Gasteiger charge is 2.24. The van der Waals surface area contributed by atoms with Gasteiger partial charge in [-0.3, -0.25) is 4.79 Å². The summed E-state index contributed by atoms with van der Waals surface area (Å²) in [6, 6.07) is 9.45. The lowest BCUT2D eigenvalue weighted by molar-refractivity contribution is -0.115. The fraction of sp³-hybridized carbons (Fsp3) is 0.200. The Morgan fingerprint density at radius 3 is 2.59 bits per heavy atom. The SMILES string of the molecule is CCOc1cc(/C=C2/SC(=Nc3cc(C)cc(C)c3)NC2=O)cc(Br)c1O. The molecule has 0 spiro atoms. The highest BCUT2D eigenvalue weighted by atomic mass is 79.9. The Bertz CT molecular complexity index is 950. The Balaban J connectivity index is 1.88. The van der Waals surface area contributed by atoms with Gasteiger partial charge in [-0.1, -0.05) is 6.07 Å². The fourth-order valence-electron chi connectivity index (χ4n) is 2.71. The molecule has 0 radical (unpaired) electrons. The van der Waals surface area contributed by atoms with Crippen LogP contribution in [0, 0.1) is 13.8 Å². The summed E-state index contributed by atoms with van der Waals surface area (Å²) in [5.74, 6) is 0.205. The Morgan fingerprint density at radius 2 is 1.93 bits per heavy atom. The molecule has 0 aromatic heterocycles. The number of halogens is 1. The summed E-state index contributed by atoms with van der Waals surface area (Å²) >= 11 is 4.59. The number of carbonyl (C=O) groups excluding carboxylic acids is 1. The third-order valence-corrected chi connectivity index (χ3v) is 5.25. The van der Waals surface area contributed by atoms with E-state index >= 15 is 0 Å². The minimum Gasteiger partial charge on any atom is -0.503 e. The largest absolute Gasteiger partial charge is 0.503 e. The maximum atomic E-state index is 12.3. The van der Waals surface area contributed by atoms with Gasteiger partial charge >= 0.3 is 0 Å². The van der Waals surface area contributed by atoms with Gasteiger partial charge < -0.3 is 15.2 Å². The summed E-state index contributed by atoms with van der Waals surface area (Å²) in [6.07, 6.45) is 1.75. The number of nitrogens with zero attached hydrogens (tertiary/aromatic N) is 1. The van der Waals surface area contributed by atoms with Gasteiger partial charge in [0.15, 0.2) is 16.7 Å². The predicted octanol–water partition coefficient (Wildman–Crippen LogP) is 5.06. The van der Waals surface area contributed by atoms with Crippen LogP contribution >= 0.6 is 27.7 Å². The van der Waals surface area contributed by atoms with Gasteiger partial charge in [0.2, 0.25) is 0 Å². The van der Waals surface area contributed by atoms with Gasteiger partial charge in [0.1, 0.15) is 0 Å². The first kappa shape index (κ1) is 19.5. The van der Waals surface area contributed by atoms with Crippen LogP contribution in [0.25, 0.3) is 6.08 Å². The van der Waals surface area contributed by atoms with E-state index in [0.717, 1.165) is 22.4 Å². The van der Waals surface area contributed by atoms with Gasteiger partial charge in [-0.25, -0.2) is 4.99 Å². The molecule has 1 heterocycles. The van der Waals surface area contributed by atoms with Crippen molar-refractivity contribution in [3.05, 3.63) is 56.4 Å². The molecule has 2 N–H and O–H groups in total. The summed E-state index contributed by atoms with van der Waals surface area (Å²) < 4.78 is 5.94. The van der Waals surface area contributed by atoms with Crippen molar-refractivity contribution in [2.45, 2.75) is 20.8 Å². The number of hydrogen-bond donors (Lipinski definition) is 2. The van der Waals surface area contributed by atoms with E-state index in [0.29, 0.717) is 26.9 Å². The van der Waals surface area contributed by atoms with Crippen LogP contribution in [0.5, 0.6) is 11.5 Å². The number of nitrogens with one attached hydrogen (secondary N) is 1. The zero-order valence-electron chi connectivity index (χ0n) is 15.2. The Hall–Kier alpha value is -2.25. The van der Waals surface area contributed by atoms with Crippen molar-refractivity contribution in [3.63, 3.8) is 0 Å². The highest BCUT2D eigenvalue weighted by molar-refractivity contribution is 9.10. The molecule has 27 heavy (non-hydrogen) atoms. The van der Waals surface area contributed by atoms with E-state index in [4.69, 9.17) is 4.74 Å². The van der Waals surface area contributed by atoms with Crippen LogP contribution in [0.3, 0.4) is 0 Å². The maximum absolute atomic E-state index is 12.3. The van der Waals surface area contributed by atoms with Gasteiger partial charge in [-0.15, -0.1) is 0 Å². The van der Waals surface area contributed by atoms with E-state index in [9.17, 15) is 9.90 Å². The average Bonchev–Trinajstić information content (AvgIpc) is 2.90. The van der Waals surface area contributed by atoms with Crippen LogP contribution < -0.4 is 10.1 Å². The number of aliphatic imine (C=N–C) groups is 1. The van der Waals surface area contributed by atoms with Crippen LogP contribution in [0.4, 0.5) is 5.69 Å². The molecule has 1 aliphatic heterocycles. The summed E-state index contributed by atoms with van der Waals surface area (Å²) in [5, 5.41) is 13.4. The van der Waals surface area contributed by atoms with E-state index in [1.807, 2.05) is 32.9 Å². The number of ether oxygens (including phenoxy) is 1. The Kier molecular flexibility index (Phi) is 5.92. The number of amidine groups is 1. The second-order valence-corrected chi connectivity index (χ2v) is 8.00. The zero-order valence-corrected chi connectivity index (χ0v) is 17.6. The predicted molar refractivity (Wildman–Crippen MR) is 114 cm³/mol. The molecule has 0 aliphatic carbocycles. The molecule has 5 nitrogen and oxygen atoms in total. The molecule has 0 saturated carbocycles. The van der Waals surface area contributed by atoms with Crippen molar-refractivity contribution >= 4 is 50.5 Å². The molecule has 7 heteroatoms. The quantitative estimate of drug-likeness (QED) is 0.643.